The second-order valence-electron chi connectivity index (χ2n) is 3.42. The minimum absolute atomic E-state index is 0.220. The summed E-state index contributed by atoms with van der Waals surface area (Å²) in [4.78, 5) is 12.9. The molecule has 0 amide bonds. The molecule has 6 nitrogen and oxygen atoms in total. The van der Waals surface area contributed by atoms with E-state index in [9.17, 15) is 4.79 Å². The zero-order valence-corrected chi connectivity index (χ0v) is 9.89. The number of esters is 1. The largest absolute Gasteiger partial charge is 0.465 e. The summed E-state index contributed by atoms with van der Waals surface area (Å²) >= 11 is 0. The van der Waals surface area contributed by atoms with Crippen molar-refractivity contribution >= 4 is 5.97 Å². The average Bonchev–Trinajstić information content (AvgIpc) is 2.65. The van der Waals surface area contributed by atoms with Crippen LogP contribution in [-0.2, 0) is 22.5 Å². The molecule has 0 fully saturated rings. The van der Waals surface area contributed by atoms with Gasteiger partial charge in [-0.2, -0.15) is 0 Å². The average molecular weight is 227 g/mol. The van der Waals surface area contributed by atoms with Gasteiger partial charge in [0, 0.05) is 6.42 Å². The highest BCUT2D eigenvalue weighted by Crippen LogP contribution is 2.03. The maximum absolute atomic E-state index is 11.2. The molecule has 0 atom stereocenters. The van der Waals surface area contributed by atoms with E-state index in [1.165, 1.54) is 0 Å². The van der Waals surface area contributed by atoms with Gasteiger partial charge in [-0.05, 0) is 14.0 Å². The Kier molecular flexibility index (Phi) is 4.91. The van der Waals surface area contributed by atoms with Crippen LogP contribution in [0, 0.1) is 0 Å². The van der Waals surface area contributed by atoms with Crippen LogP contribution < -0.4 is 0 Å². The lowest BCUT2D eigenvalue weighted by atomic mass is 10.5. The summed E-state index contributed by atoms with van der Waals surface area (Å²) < 4.78 is 10.2. The fraction of sp³-hybridized carbons (Fsp3) is 0.700. The molecule has 0 unspecified atom stereocenters. The molecule has 0 aliphatic carbocycles. The fourth-order valence-electron chi connectivity index (χ4n) is 1.21. The van der Waals surface area contributed by atoms with E-state index >= 15 is 0 Å². The van der Waals surface area contributed by atoms with E-state index in [1.807, 2.05) is 6.92 Å². The van der Waals surface area contributed by atoms with E-state index in [0.29, 0.717) is 31.4 Å². The molecule has 0 aliphatic heterocycles. The topological polar surface area (TPSA) is 68.5 Å². The third-order valence-electron chi connectivity index (χ3n) is 1.92. The highest BCUT2D eigenvalue weighted by atomic mass is 16.5. The highest BCUT2D eigenvalue weighted by Gasteiger charge is 2.11. The number of hydrogen-bond acceptors (Lipinski definition) is 6. The Bertz CT molecular complexity index is 338. The minimum atomic E-state index is -0.250. The van der Waals surface area contributed by atoms with Gasteiger partial charge in [0.05, 0.1) is 19.7 Å². The monoisotopic (exact) mass is 227 g/mol. The van der Waals surface area contributed by atoms with Crippen LogP contribution in [0.2, 0.25) is 0 Å². The van der Waals surface area contributed by atoms with Crippen molar-refractivity contribution < 1.29 is 13.9 Å². The van der Waals surface area contributed by atoms with E-state index in [0.717, 1.165) is 0 Å². The number of nitrogens with zero attached hydrogens (tertiary/aromatic N) is 3. The quantitative estimate of drug-likeness (QED) is 0.664. The molecule has 1 aromatic heterocycles. The fourth-order valence-corrected chi connectivity index (χ4v) is 1.21. The number of hydrogen-bond donors (Lipinski definition) is 0. The van der Waals surface area contributed by atoms with Crippen molar-refractivity contribution in [2.24, 2.45) is 0 Å². The van der Waals surface area contributed by atoms with Gasteiger partial charge in [0.1, 0.15) is 0 Å². The number of carbonyl (C=O) groups is 1. The van der Waals surface area contributed by atoms with E-state index in [-0.39, 0.29) is 12.5 Å². The van der Waals surface area contributed by atoms with Crippen molar-refractivity contribution in [2.75, 3.05) is 20.2 Å². The molecule has 90 valence electrons. The predicted molar refractivity (Wildman–Crippen MR) is 56.6 cm³/mol. The maximum Gasteiger partial charge on any atom is 0.320 e. The zero-order chi connectivity index (χ0) is 12.0. The third-order valence-corrected chi connectivity index (χ3v) is 1.92. The summed E-state index contributed by atoms with van der Waals surface area (Å²) in [6.07, 6.45) is 0.717. The molecule has 1 rings (SSSR count). The van der Waals surface area contributed by atoms with E-state index < -0.39 is 0 Å². The lowest BCUT2D eigenvalue weighted by Crippen LogP contribution is -2.27. The first-order valence-electron chi connectivity index (χ1n) is 5.31. The second kappa shape index (κ2) is 6.22. The summed E-state index contributed by atoms with van der Waals surface area (Å²) in [5.41, 5.74) is 0. The predicted octanol–water partition coefficient (Wildman–Crippen LogP) is 0.627. The Balaban J connectivity index is 2.38. The normalized spacial score (nSPS) is 10.8. The molecule has 16 heavy (non-hydrogen) atoms. The van der Waals surface area contributed by atoms with Gasteiger partial charge in [-0.15, -0.1) is 10.2 Å². The van der Waals surface area contributed by atoms with Gasteiger partial charge in [0.15, 0.2) is 0 Å². The summed E-state index contributed by atoms with van der Waals surface area (Å²) in [6, 6.07) is 0. The SMILES string of the molecule is CCOC(=O)CN(C)Cc1nnc(CC)o1. The van der Waals surface area contributed by atoms with Crippen LogP contribution in [0.1, 0.15) is 25.6 Å². The maximum atomic E-state index is 11.2. The number of aromatic nitrogens is 2. The van der Waals surface area contributed by atoms with Crippen LogP contribution in [0.15, 0.2) is 4.42 Å². The molecule has 0 N–H and O–H groups in total. The van der Waals surface area contributed by atoms with Crippen molar-refractivity contribution in [3.05, 3.63) is 11.8 Å². The molecule has 6 heteroatoms. The van der Waals surface area contributed by atoms with Crippen LogP contribution in [0.3, 0.4) is 0 Å². The molecule has 1 heterocycles. The molecule has 0 spiro atoms. The smallest absolute Gasteiger partial charge is 0.320 e. The van der Waals surface area contributed by atoms with Crippen LogP contribution in [0.25, 0.3) is 0 Å². The van der Waals surface area contributed by atoms with Crippen LogP contribution in [0.5, 0.6) is 0 Å². The zero-order valence-electron chi connectivity index (χ0n) is 9.89. The Morgan fingerprint density at radius 3 is 2.62 bits per heavy atom. The van der Waals surface area contributed by atoms with Gasteiger partial charge in [0.2, 0.25) is 11.8 Å². The molecular formula is C10H17N3O3. The Labute approximate surface area is 94.6 Å². The Hall–Kier alpha value is -1.43. The van der Waals surface area contributed by atoms with Crippen LogP contribution in [-0.4, -0.2) is 41.3 Å². The number of rotatable bonds is 6. The van der Waals surface area contributed by atoms with E-state index in [4.69, 9.17) is 9.15 Å². The summed E-state index contributed by atoms with van der Waals surface area (Å²) in [7, 11) is 1.80. The van der Waals surface area contributed by atoms with Gasteiger partial charge in [-0.25, -0.2) is 0 Å². The van der Waals surface area contributed by atoms with E-state index in [1.54, 1.807) is 18.9 Å². The van der Waals surface area contributed by atoms with Crippen molar-refractivity contribution in [3.63, 3.8) is 0 Å². The lowest BCUT2D eigenvalue weighted by Gasteiger charge is -2.12. The van der Waals surface area contributed by atoms with Crippen molar-refractivity contribution in [1.82, 2.24) is 15.1 Å². The van der Waals surface area contributed by atoms with Crippen LogP contribution >= 0.6 is 0 Å². The molecule has 0 aliphatic rings. The molecule has 1 aromatic rings. The number of carbonyl (C=O) groups excluding carboxylic acids is 1. The molecule has 0 saturated heterocycles. The summed E-state index contributed by atoms with van der Waals surface area (Å²) in [5, 5.41) is 7.71. The third kappa shape index (κ3) is 3.98. The first-order valence-corrected chi connectivity index (χ1v) is 5.31. The van der Waals surface area contributed by atoms with Gasteiger partial charge < -0.3 is 9.15 Å². The number of ether oxygens (including phenoxy) is 1. The standard InChI is InChI=1S/C10H17N3O3/c1-4-8-11-12-9(16-8)6-13(3)7-10(14)15-5-2/h4-7H2,1-3H3. The Morgan fingerprint density at radius 1 is 1.38 bits per heavy atom. The first-order chi connectivity index (χ1) is 7.65. The number of likely N-dealkylation sites (N-methyl/N-ethyl adjacent to an activating group) is 1. The highest BCUT2D eigenvalue weighted by molar-refractivity contribution is 5.71. The molecule has 0 bridgehead atoms. The summed E-state index contributed by atoms with van der Waals surface area (Å²) in [6.45, 7) is 4.79. The van der Waals surface area contributed by atoms with Gasteiger partial charge in [0.25, 0.3) is 0 Å². The second-order valence-corrected chi connectivity index (χ2v) is 3.42. The van der Waals surface area contributed by atoms with E-state index in [2.05, 4.69) is 10.2 Å². The minimum Gasteiger partial charge on any atom is -0.465 e. The van der Waals surface area contributed by atoms with Crippen molar-refractivity contribution in [3.8, 4) is 0 Å². The lowest BCUT2D eigenvalue weighted by molar-refractivity contribution is -0.144. The van der Waals surface area contributed by atoms with Crippen LogP contribution in [0.4, 0.5) is 0 Å². The molecule has 0 aromatic carbocycles. The molecule has 0 saturated carbocycles. The molecule has 0 radical (unpaired) electrons. The molecular weight excluding hydrogens is 210 g/mol. The first kappa shape index (κ1) is 12.6. The summed E-state index contributed by atoms with van der Waals surface area (Å²) in [5.74, 6) is 0.878. The van der Waals surface area contributed by atoms with Gasteiger partial charge in [-0.1, -0.05) is 6.92 Å². The van der Waals surface area contributed by atoms with Crippen molar-refractivity contribution in [2.45, 2.75) is 26.8 Å². The Morgan fingerprint density at radius 2 is 2.06 bits per heavy atom. The van der Waals surface area contributed by atoms with Crippen molar-refractivity contribution in [1.29, 1.82) is 0 Å². The van der Waals surface area contributed by atoms with Gasteiger partial charge in [-0.3, -0.25) is 9.69 Å². The number of aryl methyl sites for hydroxylation is 1. The van der Waals surface area contributed by atoms with Gasteiger partial charge >= 0.3 is 5.97 Å².